The Labute approximate surface area is 154 Å². The fourth-order valence-electron chi connectivity index (χ4n) is 2.64. The Kier molecular flexibility index (Phi) is 9.31. The van der Waals surface area contributed by atoms with Gasteiger partial charge in [0.05, 0.1) is 38.3 Å². The fourth-order valence-corrected chi connectivity index (χ4v) is 2.64. The van der Waals surface area contributed by atoms with Crippen molar-refractivity contribution in [3.8, 4) is 0 Å². The molecular weight excluding hydrogens is 355 g/mol. The van der Waals surface area contributed by atoms with Gasteiger partial charge in [0.15, 0.2) is 0 Å². The minimum absolute atomic E-state index is 0. The van der Waals surface area contributed by atoms with E-state index in [9.17, 15) is 4.79 Å². The minimum Gasteiger partial charge on any atom is -0.378 e. The number of nitrogens with zero attached hydrogens (tertiary/aromatic N) is 2. The first-order chi connectivity index (χ1) is 10.8. The lowest BCUT2D eigenvalue weighted by molar-refractivity contribution is -0.117. The average Bonchev–Trinajstić information content (AvgIpc) is 2.57. The number of hydrogen-bond acceptors (Lipinski definition) is 6. The first-order valence-electron chi connectivity index (χ1n) is 7.71. The van der Waals surface area contributed by atoms with Crippen LogP contribution in [0.3, 0.4) is 0 Å². The molecule has 0 radical (unpaired) electrons. The van der Waals surface area contributed by atoms with Gasteiger partial charge >= 0.3 is 0 Å². The number of hydrogen-bond donors (Lipinski definition) is 2. The van der Waals surface area contributed by atoms with E-state index >= 15 is 0 Å². The standard InChI is InChI=1S/C15H22N4O3.2ClH/c20-15(9-12-11-22-6-3-16-12)18-14-2-1-13(10-17-14)19-4-7-21-8-5-19;;/h1-2,10,12,16H,3-9,11H2,(H,17,18,20);2*1H. The zero-order valence-corrected chi connectivity index (χ0v) is 15.0. The number of carbonyl (C=O) groups is 1. The average molecular weight is 379 g/mol. The van der Waals surface area contributed by atoms with Crippen molar-refractivity contribution in [2.75, 3.05) is 56.3 Å². The number of carbonyl (C=O) groups excluding carboxylic acids is 1. The van der Waals surface area contributed by atoms with Crippen molar-refractivity contribution in [1.82, 2.24) is 10.3 Å². The summed E-state index contributed by atoms with van der Waals surface area (Å²) >= 11 is 0. The van der Waals surface area contributed by atoms with Crippen LogP contribution in [0.2, 0.25) is 0 Å². The third-order valence-corrected chi connectivity index (χ3v) is 3.82. The molecule has 2 aliphatic heterocycles. The Bertz CT molecular complexity index is 492. The van der Waals surface area contributed by atoms with E-state index in [1.165, 1.54) is 0 Å². The highest BCUT2D eigenvalue weighted by Crippen LogP contribution is 2.16. The molecule has 1 unspecified atom stereocenters. The molecule has 2 aliphatic rings. The van der Waals surface area contributed by atoms with Crippen LogP contribution in [0.25, 0.3) is 0 Å². The smallest absolute Gasteiger partial charge is 0.227 e. The zero-order valence-electron chi connectivity index (χ0n) is 13.4. The van der Waals surface area contributed by atoms with Crippen LogP contribution >= 0.6 is 24.8 Å². The van der Waals surface area contributed by atoms with Gasteiger partial charge in [0.2, 0.25) is 5.91 Å². The molecular formula is C15H24Cl2N4O3. The fraction of sp³-hybridized carbons (Fsp3) is 0.600. The van der Waals surface area contributed by atoms with E-state index in [0.717, 1.165) is 38.5 Å². The molecule has 1 aromatic heterocycles. The van der Waals surface area contributed by atoms with Crippen molar-refractivity contribution >= 4 is 42.2 Å². The highest BCUT2D eigenvalue weighted by molar-refractivity contribution is 5.90. The first kappa shape index (κ1) is 20.9. The summed E-state index contributed by atoms with van der Waals surface area (Å²) in [5, 5.41) is 6.09. The zero-order chi connectivity index (χ0) is 15.2. The summed E-state index contributed by atoms with van der Waals surface area (Å²) in [7, 11) is 0. The van der Waals surface area contributed by atoms with Gasteiger partial charge < -0.3 is 25.0 Å². The van der Waals surface area contributed by atoms with Crippen molar-refractivity contribution in [3.05, 3.63) is 18.3 Å². The highest BCUT2D eigenvalue weighted by atomic mass is 35.5. The van der Waals surface area contributed by atoms with Gasteiger partial charge in [-0.2, -0.15) is 0 Å². The van der Waals surface area contributed by atoms with Gasteiger partial charge in [0.1, 0.15) is 5.82 Å². The number of anilines is 2. The van der Waals surface area contributed by atoms with Crippen molar-refractivity contribution in [1.29, 1.82) is 0 Å². The maximum Gasteiger partial charge on any atom is 0.227 e. The monoisotopic (exact) mass is 378 g/mol. The van der Waals surface area contributed by atoms with Gasteiger partial charge in [-0.15, -0.1) is 24.8 Å². The van der Waals surface area contributed by atoms with Crippen LogP contribution in [0.1, 0.15) is 6.42 Å². The number of pyridine rings is 1. The topological polar surface area (TPSA) is 75.7 Å². The lowest BCUT2D eigenvalue weighted by Gasteiger charge is -2.28. The summed E-state index contributed by atoms with van der Waals surface area (Å²) < 4.78 is 10.7. The molecule has 7 nitrogen and oxygen atoms in total. The van der Waals surface area contributed by atoms with Crippen LogP contribution in [0.5, 0.6) is 0 Å². The number of aromatic nitrogens is 1. The molecule has 0 saturated carbocycles. The van der Waals surface area contributed by atoms with Gasteiger partial charge in [-0.1, -0.05) is 0 Å². The molecule has 0 aromatic carbocycles. The maximum atomic E-state index is 12.0. The van der Waals surface area contributed by atoms with Gasteiger partial charge in [-0.3, -0.25) is 4.79 Å². The Morgan fingerprint density at radius 2 is 2.04 bits per heavy atom. The molecule has 9 heteroatoms. The number of morpholine rings is 2. The number of amides is 1. The number of nitrogens with one attached hydrogen (secondary N) is 2. The summed E-state index contributed by atoms with van der Waals surface area (Å²) in [5.74, 6) is 0.536. The molecule has 24 heavy (non-hydrogen) atoms. The number of ether oxygens (including phenoxy) is 2. The summed E-state index contributed by atoms with van der Waals surface area (Å²) in [6.45, 7) is 5.33. The normalized spacial score (nSPS) is 20.5. The maximum absolute atomic E-state index is 12.0. The van der Waals surface area contributed by atoms with Crippen LogP contribution in [0.15, 0.2) is 18.3 Å². The molecule has 3 heterocycles. The molecule has 1 amide bonds. The molecule has 0 spiro atoms. The van der Waals surface area contributed by atoms with Crippen molar-refractivity contribution in [3.63, 3.8) is 0 Å². The number of rotatable bonds is 4. The van der Waals surface area contributed by atoms with E-state index in [1.807, 2.05) is 12.1 Å². The second kappa shape index (κ2) is 10.7. The van der Waals surface area contributed by atoms with Crippen molar-refractivity contribution in [2.45, 2.75) is 12.5 Å². The van der Waals surface area contributed by atoms with Crippen LogP contribution in [0.4, 0.5) is 11.5 Å². The second-order valence-corrected chi connectivity index (χ2v) is 5.48. The van der Waals surface area contributed by atoms with Gasteiger partial charge in [0.25, 0.3) is 0 Å². The molecule has 0 aliphatic carbocycles. The van der Waals surface area contributed by atoms with E-state index < -0.39 is 0 Å². The molecule has 2 fully saturated rings. The van der Waals surface area contributed by atoms with Gasteiger partial charge in [-0.05, 0) is 12.1 Å². The van der Waals surface area contributed by atoms with Crippen molar-refractivity contribution < 1.29 is 14.3 Å². The van der Waals surface area contributed by atoms with Crippen molar-refractivity contribution in [2.24, 2.45) is 0 Å². The molecule has 1 atom stereocenters. The SMILES string of the molecule is Cl.Cl.O=C(CC1COCCN1)Nc1ccc(N2CCOCC2)cn1. The molecule has 2 N–H and O–H groups in total. The Balaban J connectivity index is 0.00000144. The summed E-state index contributed by atoms with van der Waals surface area (Å²) in [4.78, 5) is 18.5. The highest BCUT2D eigenvalue weighted by Gasteiger charge is 2.17. The summed E-state index contributed by atoms with van der Waals surface area (Å²) in [6, 6.07) is 3.91. The first-order valence-corrected chi connectivity index (χ1v) is 7.71. The molecule has 2 saturated heterocycles. The third-order valence-electron chi connectivity index (χ3n) is 3.82. The minimum atomic E-state index is -0.0466. The Morgan fingerprint density at radius 3 is 2.67 bits per heavy atom. The Hall–Kier alpha value is -1.12. The lowest BCUT2D eigenvalue weighted by Crippen LogP contribution is -2.43. The van der Waals surface area contributed by atoms with Crippen LogP contribution < -0.4 is 15.5 Å². The lowest BCUT2D eigenvalue weighted by atomic mass is 10.2. The Morgan fingerprint density at radius 1 is 1.25 bits per heavy atom. The molecule has 136 valence electrons. The van der Waals surface area contributed by atoms with E-state index in [-0.39, 0.29) is 36.8 Å². The largest absolute Gasteiger partial charge is 0.378 e. The van der Waals surface area contributed by atoms with E-state index in [4.69, 9.17) is 9.47 Å². The molecule has 0 bridgehead atoms. The van der Waals surface area contributed by atoms with E-state index in [1.54, 1.807) is 6.20 Å². The predicted molar refractivity (Wildman–Crippen MR) is 97.6 cm³/mol. The molecule has 3 rings (SSSR count). The second-order valence-electron chi connectivity index (χ2n) is 5.48. The third kappa shape index (κ3) is 6.07. The molecule has 1 aromatic rings. The van der Waals surface area contributed by atoms with Crippen LogP contribution in [-0.4, -0.2) is 63.0 Å². The predicted octanol–water partition coefficient (Wildman–Crippen LogP) is 1.08. The van der Waals surface area contributed by atoms with Crippen LogP contribution in [-0.2, 0) is 14.3 Å². The van der Waals surface area contributed by atoms with E-state index in [2.05, 4.69) is 20.5 Å². The van der Waals surface area contributed by atoms with Gasteiger partial charge in [-0.25, -0.2) is 4.98 Å². The van der Waals surface area contributed by atoms with Crippen LogP contribution in [0, 0.1) is 0 Å². The summed E-state index contributed by atoms with van der Waals surface area (Å²) in [5.41, 5.74) is 1.06. The van der Waals surface area contributed by atoms with Gasteiger partial charge in [0, 0.05) is 32.1 Å². The summed E-state index contributed by atoms with van der Waals surface area (Å²) in [6.07, 6.45) is 2.19. The van der Waals surface area contributed by atoms with E-state index in [0.29, 0.717) is 25.5 Å². The number of halogens is 2. The quantitative estimate of drug-likeness (QED) is 0.816.